The lowest BCUT2D eigenvalue weighted by Crippen LogP contribution is -2.51. The number of amides is 2. The van der Waals surface area contributed by atoms with Crippen molar-refractivity contribution in [3.63, 3.8) is 0 Å². The molecule has 0 spiro atoms. The van der Waals surface area contributed by atoms with E-state index in [0.29, 0.717) is 30.5 Å². The lowest BCUT2D eigenvalue weighted by molar-refractivity contribution is -0.139. The lowest BCUT2D eigenvalue weighted by atomic mass is 10.0. The molecule has 0 heterocycles. The van der Waals surface area contributed by atoms with Gasteiger partial charge in [0.1, 0.15) is 6.04 Å². The van der Waals surface area contributed by atoms with Crippen molar-refractivity contribution in [3.8, 4) is 0 Å². The molecule has 1 atom stereocenters. The van der Waals surface area contributed by atoms with Crippen LogP contribution in [0.15, 0.2) is 89.8 Å². The molecule has 3 aromatic rings. The summed E-state index contributed by atoms with van der Waals surface area (Å²) in [7, 11) is 0. The Balaban J connectivity index is 1.86. The van der Waals surface area contributed by atoms with Crippen molar-refractivity contribution in [1.82, 2.24) is 10.2 Å². The summed E-state index contributed by atoms with van der Waals surface area (Å²) in [5, 5.41) is 3.71. The Morgan fingerprint density at radius 1 is 0.882 bits per heavy atom. The fourth-order valence-electron chi connectivity index (χ4n) is 3.52. The molecule has 34 heavy (non-hydrogen) atoms. The zero-order valence-electron chi connectivity index (χ0n) is 19.6. The van der Waals surface area contributed by atoms with Gasteiger partial charge < -0.3 is 10.2 Å². The number of carbonyl (C=O) groups excluding carboxylic acids is 2. The molecular formula is C28H31ClN2O2S. The van der Waals surface area contributed by atoms with E-state index in [1.54, 1.807) is 4.90 Å². The highest BCUT2D eigenvalue weighted by Crippen LogP contribution is 2.22. The quantitative estimate of drug-likeness (QED) is 0.340. The Hall–Kier alpha value is -2.76. The van der Waals surface area contributed by atoms with Crippen LogP contribution in [0.4, 0.5) is 0 Å². The maximum absolute atomic E-state index is 13.6. The third-order valence-corrected chi connectivity index (χ3v) is 6.58. The zero-order valence-corrected chi connectivity index (χ0v) is 21.2. The minimum Gasteiger partial charge on any atom is -0.354 e. The van der Waals surface area contributed by atoms with E-state index in [-0.39, 0.29) is 17.6 Å². The van der Waals surface area contributed by atoms with Gasteiger partial charge in [0.05, 0.1) is 5.75 Å². The third-order valence-electron chi connectivity index (χ3n) is 5.33. The molecule has 1 N–H and O–H groups in total. The van der Waals surface area contributed by atoms with Gasteiger partial charge in [-0.1, -0.05) is 86.1 Å². The van der Waals surface area contributed by atoms with Crippen LogP contribution in [-0.2, 0) is 22.6 Å². The van der Waals surface area contributed by atoms with Crippen LogP contribution in [0, 0.1) is 5.92 Å². The first-order valence-electron chi connectivity index (χ1n) is 11.5. The molecule has 0 aliphatic rings. The molecule has 2 amide bonds. The average molecular weight is 495 g/mol. The third kappa shape index (κ3) is 8.23. The summed E-state index contributed by atoms with van der Waals surface area (Å²) in [5.74, 6) is 0.347. The molecule has 3 aromatic carbocycles. The molecule has 178 valence electrons. The van der Waals surface area contributed by atoms with Crippen molar-refractivity contribution in [2.75, 3.05) is 12.3 Å². The van der Waals surface area contributed by atoms with E-state index >= 15 is 0 Å². The van der Waals surface area contributed by atoms with Crippen molar-refractivity contribution >= 4 is 35.2 Å². The van der Waals surface area contributed by atoms with E-state index in [9.17, 15) is 9.59 Å². The van der Waals surface area contributed by atoms with Crippen molar-refractivity contribution in [3.05, 3.63) is 101 Å². The van der Waals surface area contributed by atoms with Gasteiger partial charge in [0, 0.05) is 29.4 Å². The van der Waals surface area contributed by atoms with Crippen LogP contribution in [0.1, 0.15) is 25.0 Å². The molecule has 0 saturated carbocycles. The predicted octanol–water partition coefficient (Wildman–Crippen LogP) is 5.84. The molecular weight excluding hydrogens is 464 g/mol. The topological polar surface area (TPSA) is 49.4 Å². The number of benzene rings is 3. The number of nitrogens with zero attached hydrogens (tertiary/aromatic N) is 1. The maximum Gasteiger partial charge on any atom is 0.243 e. The Bertz CT molecular complexity index is 1040. The first kappa shape index (κ1) is 25.9. The van der Waals surface area contributed by atoms with Crippen molar-refractivity contribution < 1.29 is 9.59 Å². The van der Waals surface area contributed by atoms with Crippen molar-refractivity contribution in [1.29, 1.82) is 0 Å². The lowest BCUT2D eigenvalue weighted by Gasteiger charge is -2.31. The number of carbonyl (C=O) groups is 2. The number of hydrogen-bond acceptors (Lipinski definition) is 3. The monoisotopic (exact) mass is 494 g/mol. The molecule has 4 nitrogen and oxygen atoms in total. The van der Waals surface area contributed by atoms with Gasteiger partial charge in [-0.2, -0.15) is 0 Å². The van der Waals surface area contributed by atoms with Crippen molar-refractivity contribution in [2.24, 2.45) is 5.92 Å². The first-order chi connectivity index (χ1) is 16.4. The summed E-state index contributed by atoms with van der Waals surface area (Å²) in [6.07, 6.45) is 0.453. The maximum atomic E-state index is 13.6. The van der Waals surface area contributed by atoms with E-state index in [2.05, 4.69) is 19.2 Å². The van der Waals surface area contributed by atoms with Gasteiger partial charge in [-0.05, 0) is 41.3 Å². The smallest absolute Gasteiger partial charge is 0.243 e. The Labute approximate surface area is 211 Å². The largest absolute Gasteiger partial charge is 0.354 e. The fourth-order valence-corrected chi connectivity index (χ4v) is 4.43. The van der Waals surface area contributed by atoms with Crippen molar-refractivity contribution in [2.45, 2.75) is 37.8 Å². The molecule has 0 unspecified atom stereocenters. The normalized spacial score (nSPS) is 11.8. The number of halogens is 1. The number of rotatable bonds is 11. The molecule has 0 aliphatic heterocycles. The first-order valence-corrected chi connectivity index (χ1v) is 12.8. The summed E-state index contributed by atoms with van der Waals surface area (Å²) in [6.45, 7) is 5.05. The molecule has 3 rings (SSSR count). The zero-order chi connectivity index (χ0) is 24.3. The second-order valence-electron chi connectivity index (χ2n) is 8.59. The van der Waals surface area contributed by atoms with Gasteiger partial charge in [-0.3, -0.25) is 9.59 Å². The molecule has 0 radical (unpaired) electrons. The average Bonchev–Trinajstić information content (AvgIpc) is 2.85. The number of hydrogen-bond donors (Lipinski definition) is 1. The fraction of sp³-hybridized carbons (Fsp3) is 0.286. The molecule has 0 aromatic heterocycles. The predicted molar refractivity (Wildman–Crippen MR) is 141 cm³/mol. The van der Waals surface area contributed by atoms with Gasteiger partial charge >= 0.3 is 0 Å². The van der Waals surface area contributed by atoms with E-state index in [1.165, 1.54) is 11.8 Å². The van der Waals surface area contributed by atoms with Gasteiger partial charge in [0.25, 0.3) is 0 Å². The molecule has 0 bridgehead atoms. The SMILES string of the molecule is CC(C)CNC(=O)[C@@H](Cc1ccccc1)N(Cc1ccccc1)C(=O)CSc1ccc(Cl)cc1. The van der Waals surface area contributed by atoms with E-state index < -0.39 is 6.04 Å². The summed E-state index contributed by atoms with van der Waals surface area (Å²) in [6, 6.07) is 26.5. The highest BCUT2D eigenvalue weighted by molar-refractivity contribution is 8.00. The van der Waals surface area contributed by atoms with E-state index in [1.807, 2.05) is 84.9 Å². The van der Waals surface area contributed by atoms with Crippen LogP contribution >= 0.6 is 23.4 Å². The second kappa shape index (κ2) is 13.2. The van der Waals surface area contributed by atoms with Crippen LogP contribution < -0.4 is 5.32 Å². The second-order valence-corrected chi connectivity index (χ2v) is 10.1. The summed E-state index contributed by atoms with van der Waals surface area (Å²) in [4.78, 5) is 29.6. The van der Waals surface area contributed by atoms with Gasteiger partial charge in [0.2, 0.25) is 11.8 Å². The van der Waals surface area contributed by atoms with E-state index in [4.69, 9.17) is 11.6 Å². The molecule has 0 saturated heterocycles. The minimum absolute atomic E-state index is 0.0792. The van der Waals surface area contributed by atoms with Crippen LogP contribution in [0.2, 0.25) is 5.02 Å². The van der Waals surface area contributed by atoms with Gasteiger partial charge in [-0.25, -0.2) is 0 Å². The summed E-state index contributed by atoms with van der Waals surface area (Å²) < 4.78 is 0. The molecule has 6 heteroatoms. The Morgan fingerprint density at radius 3 is 2.06 bits per heavy atom. The highest BCUT2D eigenvalue weighted by Gasteiger charge is 2.30. The van der Waals surface area contributed by atoms with Gasteiger partial charge in [-0.15, -0.1) is 11.8 Å². The Kier molecular flexibility index (Phi) is 10.0. The van der Waals surface area contributed by atoms with Crippen LogP contribution in [0.5, 0.6) is 0 Å². The molecule has 0 aliphatic carbocycles. The molecule has 0 fully saturated rings. The number of nitrogens with one attached hydrogen (secondary N) is 1. The van der Waals surface area contributed by atoms with Crippen LogP contribution in [0.3, 0.4) is 0 Å². The standard InChI is InChI=1S/C28H31ClN2O2S/c1-21(2)18-30-28(33)26(17-22-9-5-3-6-10-22)31(19-23-11-7-4-8-12-23)27(32)20-34-25-15-13-24(29)14-16-25/h3-16,21,26H,17-20H2,1-2H3,(H,30,33)/t26-/m1/s1. The van der Waals surface area contributed by atoms with E-state index in [0.717, 1.165) is 16.0 Å². The Morgan fingerprint density at radius 2 is 1.47 bits per heavy atom. The summed E-state index contributed by atoms with van der Waals surface area (Å²) >= 11 is 7.44. The summed E-state index contributed by atoms with van der Waals surface area (Å²) in [5.41, 5.74) is 2.01. The van der Waals surface area contributed by atoms with Crippen LogP contribution in [-0.4, -0.2) is 35.1 Å². The highest BCUT2D eigenvalue weighted by atomic mass is 35.5. The minimum atomic E-state index is -0.611. The number of thioether (sulfide) groups is 1. The van der Waals surface area contributed by atoms with Gasteiger partial charge in [0.15, 0.2) is 0 Å². The van der Waals surface area contributed by atoms with Crippen LogP contribution in [0.25, 0.3) is 0 Å².